The van der Waals surface area contributed by atoms with E-state index in [4.69, 9.17) is 17.3 Å². The van der Waals surface area contributed by atoms with Crippen LogP contribution in [0, 0.1) is 0 Å². The second-order valence-corrected chi connectivity index (χ2v) is 4.33. The Morgan fingerprint density at radius 3 is 2.79 bits per heavy atom. The summed E-state index contributed by atoms with van der Waals surface area (Å²) in [6, 6.07) is 3.70. The van der Waals surface area contributed by atoms with Crippen LogP contribution in [0.25, 0.3) is 0 Å². The Morgan fingerprint density at radius 2 is 2.29 bits per heavy atom. The van der Waals surface area contributed by atoms with Gasteiger partial charge in [0.2, 0.25) is 0 Å². The first-order valence-corrected chi connectivity index (χ1v) is 5.03. The summed E-state index contributed by atoms with van der Waals surface area (Å²) in [6.07, 6.45) is 3.60. The van der Waals surface area contributed by atoms with Crippen molar-refractivity contribution in [3.63, 3.8) is 0 Å². The molecule has 14 heavy (non-hydrogen) atoms. The topological polar surface area (TPSA) is 38.9 Å². The zero-order valence-corrected chi connectivity index (χ0v) is 8.72. The van der Waals surface area contributed by atoms with E-state index in [9.17, 15) is 0 Å². The second kappa shape index (κ2) is 3.37. The molecule has 0 radical (unpaired) electrons. The summed E-state index contributed by atoms with van der Waals surface area (Å²) in [5.41, 5.74) is 7.91. The zero-order chi connectivity index (χ0) is 10.2. The lowest BCUT2D eigenvalue weighted by atomic mass is 9.64. The molecule has 1 aromatic heterocycles. The highest BCUT2D eigenvalue weighted by molar-refractivity contribution is 6.31. The molecule has 2 nitrogen and oxygen atoms in total. The van der Waals surface area contributed by atoms with Gasteiger partial charge < -0.3 is 5.73 Å². The van der Waals surface area contributed by atoms with Gasteiger partial charge >= 0.3 is 0 Å². The van der Waals surface area contributed by atoms with Crippen LogP contribution in [-0.4, -0.2) is 11.5 Å². The van der Waals surface area contributed by atoms with Crippen LogP contribution in [0.3, 0.4) is 0 Å². The smallest absolute Gasteiger partial charge is 0.0670 e. The minimum absolute atomic E-state index is 0.0462. The molecule has 0 aliphatic heterocycles. The van der Waals surface area contributed by atoms with E-state index in [0.717, 1.165) is 18.5 Å². The SMILES string of the molecule is C=C1CC(CN)(c2ncccc2Cl)C1. The van der Waals surface area contributed by atoms with Crippen molar-refractivity contribution in [3.05, 3.63) is 41.2 Å². The van der Waals surface area contributed by atoms with Gasteiger partial charge in [-0.05, 0) is 25.0 Å². The molecular formula is C11H13ClN2. The molecule has 1 aliphatic rings. The van der Waals surface area contributed by atoms with Crippen molar-refractivity contribution in [1.29, 1.82) is 0 Å². The number of nitrogens with two attached hydrogens (primary N) is 1. The summed E-state index contributed by atoms with van der Waals surface area (Å²) in [5.74, 6) is 0. The van der Waals surface area contributed by atoms with Gasteiger partial charge in [0.05, 0.1) is 10.7 Å². The highest BCUT2D eigenvalue weighted by Crippen LogP contribution is 2.46. The van der Waals surface area contributed by atoms with Gasteiger partial charge in [-0.3, -0.25) is 4.98 Å². The number of hydrogen-bond donors (Lipinski definition) is 1. The molecule has 1 aliphatic carbocycles. The second-order valence-electron chi connectivity index (χ2n) is 3.92. The lowest BCUT2D eigenvalue weighted by molar-refractivity contribution is 0.333. The van der Waals surface area contributed by atoms with Gasteiger partial charge in [-0.2, -0.15) is 0 Å². The maximum atomic E-state index is 6.10. The van der Waals surface area contributed by atoms with Crippen LogP contribution >= 0.6 is 11.6 Å². The van der Waals surface area contributed by atoms with E-state index in [2.05, 4.69) is 11.6 Å². The van der Waals surface area contributed by atoms with Gasteiger partial charge in [0.15, 0.2) is 0 Å². The third-order valence-corrected chi connectivity index (χ3v) is 3.13. The predicted molar refractivity (Wildman–Crippen MR) is 58.4 cm³/mol. The lowest BCUT2D eigenvalue weighted by Crippen LogP contribution is -2.43. The minimum atomic E-state index is -0.0462. The Morgan fingerprint density at radius 1 is 1.57 bits per heavy atom. The minimum Gasteiger partial charge on any atom is -0.330 e. The van der Waals surface area contributed by atoms with Crippen LogP contribution in [-0.2, 0) is 5.41 Å². The molecular weight excluding hydrogens is 196 g/mol. The van der Waals surface area contributed by atoms with Crippen LogP contribution in [0.5, 0.6) is 0 Å². The number of halogens is 1. The average molecular weight is 209 g/mol. The van der Waals surface area contributed by atoms with Crippen molar-refractivity contribution >= 4 is 11.6 Å². The fourth-order valence-electron chi connectivity index (χ4n) is 2.09. The summed E-state index contributed by atoms with van der Waals surface area (Å²) in [5, 5.41) is 0.713. The zero-order valence-electron chi connectivity index (χ0n) is 7.96. The molecule has 74 valence electrons. The average Bonchev–Trinajstić information content (AvgIpc) is 2.14. The predicted octanol–water partition coefficient (Wildman–Crippen LogP) is 2.28. The normalized spacial score (nSPS) is 19.1. The maximum Gasteiger partial charge on any atom is 0.0670 e. The third-order valence-electron chi connectivity index (χ3n) is 2.83. The van der Waals surface area contributed by atoms with E-state index < -0.39 is 0 Å². The van der Waals surface area contributed by atoms with Crippen molar-refractivity contribution in [2.75, 3.05) is 6.54 Å². The molecule has 1 fully saturated rings. The van der Waals surface area contributed by atoms with E-state index in [-0.39, 0.29) is 5.41 Å². The Balaban J connectivity index is 2.38. The summed E-state index contributed by atoms with van der Waals surface area (Å²) in [4.78, 5) is 4.32. The number of aromatic nitrogens is 1. The van der Waals surface area contributed by atoms with Crippen molar-refractivity contribution < 1.29 is 0 Å². The van der Waals surface area contributed by atoms with Crippen LogP contribution in [0.4, 0.5) is 0 Å². The molecule has 2 rings (SSSR count). The van der Waals surface area contributed by atoms with Crippen LogP contribution in [0.1, 0.15) is 18.5 Å². The maximum absolute atomic E-state index is 6.10. The number of rotatable bonds is 2. The Hall–Kier alpha value is -0.860. The number of allylic oxidation sites excluding steroid dienone is 1. The van der Waals surface area contributed by atoms with Crippen LogP contribution < -0.4 is 5.73 Å². The standard InChI is InChI=1S/C11H13ClN2/c1-8-5-11(6-8,7-13)10-9(12)3-2-4-14-10/h2-4H,1,5-7,13H2. The number of hydrogen-bond acceptors (Lipinski definition) is 2. The van der Waals surface area contributed by atoms with E-state index in [1.807, 2.05) is 12.1 Å². The van der Waals surface area contributed by atoms with Crippen LogP contribution in [0.15, 0.2) is 30.5 Å². The largest absolute Gasteiger partial charge is 0.330 e. The van der Waals surface area contributed by atoms with Crippen molar-refractivity contribution in [3.8, 4) is 0 Å². The summed E-state index contributed by atoms with van der Waals surface area (Å²) < 4.78 is 0. The Labute approximate surface area is 88.8 Å². The van der Waals surface area contributed by atoms with E-state index in [1.165, 1.54) is 5.57 Å². The van der Waals surface area contributed by atoms with E-state index in [1.54, 1.807) is 6.20 Å². The molecule has 0 unspecified atom stereocenters. The Bertz CT molecular complexity index is 365. The molecule has 3 heteroatoms. The van der Waals surface area contributed by atoms with E-state index >= 15 is 0 Å². The molecule has 0 spiro atoms. The van der Waals surface area contributed by atoms with Gasteiger partial charge in [-0.1, -0.05) is 23.8 Å². The third kappa shape index (κ3) is 1.35. The highest BCUT2D eigenvalue weighted by atomic mass is 35.5. The molecule has 0 atom stereocenters. The Kier molecular flexibility index (Phi) is 2.33. The van der Waals surface area contributed by atoms with Gasteiger partial charge in [0.1, 0.15) is 0 Å². The van der Waals surface area contributed by atoms with Gasteiger partial charge in [-0.15, -0.1) is 0 Å². The first-order valence-electron chi connectivity index (χ1n) is 4.66. The lowest BCUT2D eigenvalue weighted by Gasteiger charge is -2.42. The summed E-state index contributed by atoms with van der Waals surface area (Å²) in [7, 11) is 0. The van der Waals surface area contributed by atoms with E-state index in [0.29, 0.717) is 11.6 Å². The van der Waals surface area contributed by atoms with Gasteiger partial charge in [0.25, 0.3) is 0 Å². The molecule has 2 N–H and O–H groups in total. The molecule has 1 saturated carbocycles. The molecule has 0 bridgehead atoms. The molecule has 1 aromatic rings. The van der Waals surface area contributed by atoms with Crippen LogP contribution in [0.2, 0.25) is 5.02 Å². The van der Waals surface area contributed by atoms with Crippen molar-refractivity contribution in [1.82, 2.24) is 4.98 Å². The summed E-state index contributed by atoms with van der Waals surface area (Å²) in [6.45, 7) is 4.52. The molecule has 0 aromatic carbocycles. The highest BCUT2D eigenvalue weighted by Gasteiger charge is 2.42. The van der Waals surface area contributed by atoms with Crippen molar-refractivity contribution in [2.45, 2.75) is 18.3 Å². The fourth-order valence-corrected chi connectivity index (χ4v) is 2.41. The fraction of sp³-hybridized carbons (Fsp3) is 0.364. The van der Waals surface area contributed by atoms with Crippen molar-refractivity contribution in [2.24, 2.45) is 5.73 Å². The van der Waals surface area contributed by atoms with Gasteiger partial charge in [-0.25, -0.2) is 0 Å². The quantitative estimate of drug-likeness (QED) is 0.758. The first kappa shape index (κ1) is 9.69. The first-order chi connectivity index (χ1) is 6.68. The summed E-state index contributed by atoms with van der Waals surface area (Å²) >= 11 is 6.10. The number of pyridine rings is 1. The molecule has 0 amide bonds. The van der Waals surface area contributed by atoms with Gasteiger partial charge in [0, 0.05) is 18.2 Å². The monoisotopic (exact) mass is 208 g/mol. The number of nitrogens with zero attached hydrogens (tertiary/aromatic N) is 1. The molecule has 0 saturated heterocycles. The molecule has 1 heterocycles.